The Bertz CT molecular complexity index is 229. The maximum atomic E-state index is 9.42. The number of nitrogens with zero attached hydrogens (tertiary/aromatic N) is 1. The van der Waals surface area contributed by atoms with Gasteiger partial charge >= 0.3 is 0 Å². The molecule has 0 aliphatic rings. The minimum atomic E-state index is 0.0144. The summed E-state index contributed by atoms with van der Waals surface area (Å²) in [5, 5.41) is 9.42. The first-order valence-electron chi connectivity index (χ1n) is 4.08. The molecule has 0 saturated carbocycles. The van der Waals surface area contributed by atoms with E-state index in [1.807, 2.05) is 21.0 Å². The van der Waals surface area contributed by atoms with E-state index in [0.717, 1.165) is 0 Å². The summed E-state index contributed by atoms with van der Waals surface area (Å²) in [6.45, 7) is 9.61. The molecule has 13 heavy (non-hydrogen) atoms. The van der Waals surface area contributed by atoms with Gasteiger partial charge in [0.05, 0.1) is 6.61 Å². The molecule has 0 bridgehead atoms. The zero-order chi connectivity index (χ0) is 10.4. The average Bonchev–Trinajstić information content (AvgIpc) is 2.04. The van der Waals surface area contributed by atoms with Crippen molar-refractivity contribution in [2.75, 3.05) is 20.7 Å². The van der Waals surface area contributed by atoms with E-state index in [9.17, 15) is 5.11 Å². The van der Waals surface area contributed by atoms with Crippen molar-refractivity contribution in [3.05, 3.63) is 36.4 Å². The van der Waals surface area contributed by atoms with Gasteiger partial charge in [-0.25, -0.2) is 0 Å². The summed E-state index contributed by atoms with van der Waals surface area (Å²) in [5.74, 6) is 0.283. The smallest absolute Gasteiger partial charge is 0.159 e. The largest absolute Gasteiger partial charge is 0.504 e. The van der Waals surface area contributed by atoms with Crippen LogP contribution in [0.15, 0.2) is 36.4 Å². The van der Waals surface area contributed by atoms with Gasteiger partial charge in [-0.3, -0.25) is 0 Å². The second-order valence-electron chi connectivity index (χ2n) is 2.77. The minimum absolute atomic E-state index is 0.0144. The summed E-state index contributed by atoms with van der Waals surface area (Å²) >= 11 is 0. The van der Waals surface area contributed by atoms with Crippen molar-refractivity contribution in [2.24, 2.45) is 0 Å². The standard InChI is InChI=1S/C10H17NO2/c1-6-13-9(3)10(12)7-8(2)11(4)5/h7,12H,2-3,6H2,1,4-5H3/b10-7-. The average molecular weight is 183 g/mol. The normalized spacial score (nSPS) is 10.8. The number of likely N-dealkylation sites (N-methyl/N-ethyl adjacent to an activating group) is 1. The highest BCUT2D eigenvalue weighted by Gasteiger charge is 2.01. The van der Waals surface area contributed by atoms with E-state index < -0.39 is 0 Å². The topological polar surface area (TPSA) is 32.7 Å². The molecule has 0 aliphatic heterocycles. The van der Waals surface area contributed by atoms with Crippen LogP contribution < -0.4 is 0 Å². The lowest BCUT2D eigenvalue weighted by Crippen LogP contribution is -2.08. The molecule has 0 unspecified atom stereocenters. The van der Waals surface area contributed by atoms with Gasteiger partial charge in [0.2, 0.25) is 0 Å². The first kappa shape index (κ1) is 11.6. The van der Waals surface area contributed by atoms with Crippen molar-refractivity contribution in [2.45, 2.75) is 6.92 Å². The summed E-state index contributed by atoms with van der Waals surface area (Å²) in [6, 6.07) is 0. The van der Waals surface area contributed by atoms with Crippen LogP contribution in [0.4, 0.5) is 0 Å². The van der Waals surface area contributed by atoms with E-state index in [1.54, 1.807) is 4.90 Å². The van der Waals surface area contributed by atoms with E-state index in [4.69, 9.17) is 4.74 Å². The fourth-order valence-electron chi connectivity index (χ4n) is 0.616. The quantitative estimate of drug-likeness (QED) is 0.523. The first-order chi connectivity index (χ1) is 5.99. The molecule has 0 fully saturated rings. The van der Waals surface area contributed by atoms with Crippen LogP contribution in [0.2, 0.25) is 0 Å². The molecule has 1 N–H and O–H groups in total. The zero-order valence-corrected chi connectivity index (χ0v) is 8.50. The van der Waals surface area contributed by atoms with E-state index in [0.29, 0.717) is 12.3 Å². The van der Waals surface area contributed by atoms with Gasteiger partial charge in [-0.2, -0.15) is 0 Å². The highest BCUT2D eigenvalue weighted by Crippen LogP contribution is 2.09. The van der Waals surface area contributed by atoms with E-state index in [1.165, 1.54) is 6.08 Å². The lowest BCUT2D eigenvalue weighted by molar-refractivity contribution is 0.209. The van der Waals surface area contributed by atoms with Crippen molar-refractivity contribution >= 4 is 0 Å². The third kappa shape index (κ3) is 4.25. The predicted octanol–water partition coefficient (Wildman–Crippen LogP) is 2.05. The molecular formula is C10H17NO2. The monoisotopic (exact) mass is 183 g/mol. The molecule has 0 amide bonds. The molecule has 0 aromatic carbocycles. The molecule has 0 rings (SSSR count). The predicted molar refractivity (Wildman–Crippen MR) is 54.3 cm³/mol. The van der Waals surface area contributed by atoms with Crippen LogP contribution in [0.25, 0.3) is 0 Å². The van der Waals surface area contributed by atoms with Crippen molar-refractivity contribution in [3.63, 3.8) is 0 Å². The fraction of sp³-hybridized carbons (Fsp3) is 0.400. The third-order valence-electron chi connectivity index (χ3n) is 1.48. The van der Waals surface area contributed by atoms with Gasteiger partial charge in [0.1, 0.15) is 0 Å². The lowest BCUT2D eigenvalue weighted by atomic mass is 10.3. The van der Waals surface area contributed by atoms with Gasteiger partial charge in [0.25, 0.3) is 0 Å². The van der Waals surface area contributed by atoms with Gasteiger partial charge in [-0.15, -0.1) is 0 Å². The summed E-state index contributed by atoms with van der Waals surface area (Å²) in [5.41, 5.74) is 0.693. The fourth-order valence-corrected chi connectivity index (χ4v) is 0.616. The number of ether oxygens (including phenoxy) is 1. The number of allylic oxidation sites excluding steroid dienone is 1. The Labute approximate surface area is 79.6 Å². The number of aliphatic hydroxyl groups excluding tert-OH is 1. The second kappa shape index (κ2) is 5.30. The Kier molecular flexibility index (Phi) is 4.74. The van der Waals surface area contributed by atoms with E-state index in [2.05, 4.69) is 13.2 Å². The Morgan fingerprint density at radius 1 is 1.46 bits per heavy atom. The molecule has 0 aromatic rings. The third-order valence-corrected chi connectivity index (χ3v) is 1.48. The molecular weight excluding hydrogens is 166 g/mol. The zero-order valence-electron chi connectivity index (χ0n) is 8.50. The van der Waals surface area contributed by atoms with Gasteiger partial charge < -0.3 is 14.7 Å². The van der Waals surface area contributed by atoms with Gasteiger partial charge in [0, 0.05) is 25.9 Å². The van der Waals surface area contributed by atoms with Crippen LogP contribution in [0.3, 0.4) is 0 Å². The van der Waals surface area contributed by atoms with Crippen LogP contribution in [0.5, 0.6) is 0 Å². The second-order valence-corrected chi connectivity index (χ2v) is 2.77. The van der Waals surface area contributed by atoms with Gasteiger partial charge in [0.15, 0.2) is 11.5 Å². The maximum Gasteiger partial charge on any atom is 0.159 e. The first-order valence-corrected chi connectivity index (χ1v) is 4.08. The molecule has 0 aromatic heterocycles. The molecule has 74 valence electrons. The highest BCUT2D eigenvalue weighted by atomic mass is 16.5. The van der Waals surface area contributed by atoms with Crippen LogP contribution >= 0.6 is 0 Å². The summed E-state index contributed by atoms with van der Waals surface area (Å²) < 4.78 is 5.01. The van der Waals surface area contributed by atoms with E-state index in [-0.39, 0.29) is 11.5 Å². The highest BCUT2D eigenvalue weighted by molar-refractivity contribution is 5.25. The SMILES string of the molecule is C=C(OCC)/C(O)=C/C(=C)N(C)C. The Morgan fingerprint density at radius 2 is 2.00 bits per heavy atom. The number of rotatable bonds is 5. The van der Waals surface area contributed by atoms with Crippen LogP contribution in [0, 0.1) is 0 Å². The number of hydrogen-bond acceptors (Lipinski definition) is 3. The van der Waals surface area contributed by atoms with Crippen molar-refractivity contribution in [3.8, 4) is 0 Å². The molecule has 3 nitrogen and oxygen atoms in total. The Morgan fingerprint density at radius 3 is 2.38 bits per heavy atom. The van der Waals surface area contributed by atoms with Crippen molar-refractivity contribution in [1.29, 1.82) is 0 Å². The Hall–Kier alpha value is -1.38. The minimum Gasteiger partial charge on any atom is -0.504 e. The molecule has 0 atom stereocenters. The number of hydrogen-bond donors (Lipinski definition) is 1. The summed E-state index contributed by atoms with van der Waals surface area (Å²) in [7, 11) is 3.69. The molecule has 0 heterocycles. The van der Waals surface area contributed by atoms with Crippen LogP contribution in [-0.2, 0) is 4.74 Å². The van der Waals surface area contributed by atoms with Gasteiger partial charge in [-0.1, -0.05) is 13.2 Å². The maximum absolute atomic E-state index is 9.42. The number of aliphatic hydroxyl groups is 1. The lowest BCUT2D eigenvalue weighted by Gasteiger charge is -2.13. The van der Waals surface area contributed by atoms with E-state index >= 15 is 0 Å². The van der Waals surface area contributed by atoms with Crippen LogP contribution in [0.1, 0.15) is 6.92 Å². The molecule has 0 radical (unpaired) electrons. The molecule has 0 aliphatic carbocycles. The van der Waals surface area contributed by atoms with Crippen LogP contribution in [-0.4, -0.2) is 30.7 Å². The summed E-state index contributed by atoms with van der Waals surface area (Å²) in [6.07, 6.45) is 1.51. The summed E-state index contributed by atoms with van der Waals surface area (Å²) in [4.78, 5) is 1.79. The Balaban J connectivity index is 4.31. The van der Waals surface area contributed by atoms with Gasteiger partial charge in [-0.05, 0) is 6.92 Å². The molecule has 3 heteroatoms. The molecule has 0 spiro atoms. The molecule has 0 saturated heterocycles. The van der Waals surface area contributed by atoms with Crippen molar-refractivity contribution in [1.82, 2.24) is 4.90 Å². The van der Waals surface area contributed by atoms with Crippen molar-refractivity contribution < 1.29 is 9.84 Å².